The molecule has 5 heterocycles. The molecular weight excluding hydrogens is 485 g/mol. The third-order valence-electron chi connectivity index (χ3n) is 8.41. The Kier molecular flexibility index (Phi) is 7.06. The molecule has 1 saturated heterocycles. The Morgan fingerprint density at radius 3 is 2.87 bits per heavy atom. The van der Waals surface area contributed by atoms with Crippen molar-refractivity contribution in [2.45, 2.75) is 58.3 Å². The summed E-state index contributed by atoms with van der Waals surface area (Å²) >= 11 is 0. The van der Waals surface area contributed by atoms with Gasteiger partial charge in [0.15, 0.2) is 5.43 Å². The van der Waals surface area contributed by atoms with Crippen molar-refractivity contribution in [2.24, 2.45) is 0 Å². The predicted octanol–water partition coefficient (Wildman–Crippen LogP) is 2.84. The molecule has 0 bridgehead atoms. The van der Waals surface area contributed by atoms with Gasteiger partial charge in [0.05, 0.1) is 18.1 Å². The molecule has 0 aliphatic carbocycles. The van der Waals surface area contributed by atoms with E-state index in [-0.39, 0.29) is 11.5 Å². The molecule has 8 heteroatoms. The maximum absolute atomic E-state index is 13.9. The van der Waals surface area contributed by atoms with Gasteiger partial charge in [0, 0.05) is 66.8 Å². The number of rotatable bonds is 6. The van der Waals surface area contributed by atoms with Crippen LogP contribution in [0, 0.1) is 0 Å². The topological polar surface area (TPSA) is 61.8 Å². The summed E-state index contributed by atoms with van der Waals surface area (Å²) in [5.41, 5.74) is 6.10. The lowest BCUT2D eigenvalue weighted by Crippen LogP contribution is -2.49. The number of nitrogens with zero attached hydrogens (tertiary/aromatic N) is 3. The fourth-order valence-corrected chi connectivity index (χ4v) is 6.30. The van der Waals surface area contributed by atoms with Gasteiger partial charge in [0.25, 0.3) is 0 Å². The van der Waals surface area contributed by atoms with E-state index in [4.69, 9.17) is 12.6 Å². The lowest BCUT2D eigenvalue weighted by Gasteiger charge is -2.42. The van der Waals surface area contributed by atoms with Gasteiger partial charge in [-0.15, -0.1) is 0 Å². The molecule has 3 atom stereocenters. The van der Waals surface area contributed by atoms with Crippen LogP contribution in [-0.4, -0.2) is 67.1 Å². The number of nitrogens with one attached hydrogen (secondary N) is 2. The van der Waals surface area contributed by atoms with Crippen molar-refractivity contribution >= 4 is 24.2 Å². The minimum atomic E-state index is 0.0492. The van der Waals surface area contributed by atoms with Crippen molar-refractivity contribution in [1.82, 2.24) is 25.0 Å². The van der Waals surface area contributed by atoms with E-state index in [9.17, 15) is 4.79 Å². The number of aromatic nitrogens is 1. The maximum Gasteiger partial charge on any atom is 0.193 e. The molecule has 6 rings (SSSR count). The van der Waals surface area contributed by atoms with Crippen LogP contribution in [0.15, 0.2) is 70.6 Å². The van der Waals surface area contributed by atoms with Gasteiger partial charge >= 0.3 is 0 Å². The second-order valence-corrected chi connectivity index (χ2v) is 11.5. The fraction of sp³-hybridized carbons (Fsp3) is 0.452. The Hall–Kier alpha value is -3.39. The van der Waals surface area contributed by atoms with Crippen LogP contribution in [-0.2, 0) is 6.54 Å². The van der Waals surface area contributed by atoms with Gasteiger partial charge in [-0.3, -0.25) is 9.69 Å². The maximum atomic E-state index is 13.9. The molecule has 0 saturated carbocycles. The first-order valence-electron chi connectivity index (χ1n) is 14.2. The number of piperidine rings is 1. The highest BCUT2D eigenvalue weighted by atomic mass is 16.5. The summed E-state index contributed by atoms with van der Waals surface area (Å²) in [5, 5.41) is 7.49. The Morgan fingerprint density at radius 2 is 2.08 bits per heavy atom. The third kappa shape index (κ3) is 5.27. The van der Waals surface area contributed by atoms with E-state index in [1.807, 2.05) is 18.3 Å². The summed E-state index contributed by atoms with van der Waals surface area (Å²) < 4.78 is 8.17. The zero-order valence-electron chi connectivity index (χ0n) is 23.2. The summed E-state index contributed by atoms with van der Waals surface area (Å²) in [4.78, 5) is 19.0. The highest BCUT2D eigenvalue weighted by molar-refractivity contribution is 6.33. The largest absolute Gasteiger partial charge is 0.489 e. The monoisotopic (exact) mass is 523 g/mol. The number of allylic oxidation sites excluding steroid dienone is 3. The number of benzene rings is 1. The Labute approximate surface area is 232 Å². The number of ether oxygens (including phenoxy) is 1. The van der Waals surface area contributed by atoms with Crippen LogP contribution in [0.2, 0.25) is 0 Å². The quantitative estimate of drug-likeness (QED) is 0.569. The Balaban J connectivity index is 1.36. The molecule has 0 amide bonds. The minimum Gasteiger partial charge on any atom is -0.489 e. The molecular formula is C31H38BN5O2. The van der Waals surface area contributed by atoms with Crippen LogP contribution in [0.3, 0.4) is 0 Å². The van der Waals surface area contributed by atoms with Crippen LogP contribution in [0.1, 0.15) is 45.2 Å². The first kappa shape index (κ1) is 25.9. The van der Waals surface area contributed by atoms with E-state index >= 15 is 0 Å². The molecule has 2 aromatic rings. The molecule has 4 aliphatic rings. The molecule has 1 aromatic heterocycles. The lowest BCUT2D eigenvalue weighted by atomic mass is 9.92. The van der Waals surface area contributed by atoms with E-state index in [0.717, 1.165) is 50.1 Å². The zero-order chi connectivity index (χ0) is 27.1. The summed E-state index contributed by atoms with van der Waals surface area (Å²) in [6.07, 6.45) is 15.2. The smallest absolute Gasteiger partial charge is 0.193 e. The van der Waals surface area contributed by atoms with Gasteiger partial charge < -0.3 is 24.8 Å². The summed E-state index contributed by atoms with van der Waals surface area (Å²) in [6, 6.07) is 4.41. The van der Waals surface area contributed by atoms with Crippen LogP contribution >= 0.6 is 0 Å². The number of hydrogen-bond donors (Lipinski definition) is 2. The fourth-order valence-electron chi connectivity index (χ4n) is 6.30. The highest BCUT2D eigenvalue weighted by Gasteiger charge is 2.29. The van der Waals surface area contributed by atoms with E-state index in [1.54, 1.807) is 0 Å². The van der Waals surface area contributed by atoms with Gasteiger partial charge in [0.2, 0.25) is 0 Å². The summed E-state index contributed by atoms with van der Waals surface area (Å²) in [7, 11) is 6.20. The second kappa shape index (κ2) is 10.6. The minimum absolute atomic E-state index is 0.0492. The number of pyridine rings is 1. The SMILES string of the molecule is [B]c1cc2c3c(c1)c(=O)c(CN(CC1=CC(C)NC=C1)[C@H]1CCCN(C4=CC=C(C)NC4)C1)cn3C(C)CO2. The van der Waals surface area contributed by atoms with Crippen molar-refractivity contribution in [3.8, 4) is 5.75 Å². The highest BCUT2D eigenvalue weighted by Crippen LogP contribution is 2.31. The Morgan fingerprint density at radius 1 is 1.21 bits per heavy atom. The second-order valence-electron chi connectivity index (χ2n) is 11.5. The first-order valence-corrected chi connectivity index (χ1v) is 14.2. The van der Waals surface area contributed by atoms with Crippen molar-refractivity contribution in [2.75, 3.05) is 32.8 Å². The van der Waals surface area contributed by atoms with E-state index in [0.29, 0.717) is 41.8 Å². The van der Waals surface area contributed by atoms with E-state index in [1.165, 1.54) is 17.0 Å². The van der Waals surface area contributed by atoms with Crippen molar-refractivity contribution < 1.29 is 4.74 Å². The molecule has 39 heavy (non-hydrogen) atoms. The summed E-state index contributed by atoms with van der Waals surface area (Å²) in [5.74, 6) is 0.698. The van der Waals surface area contributed by atoms with Gasteiger partial charge in [0.1, 0.15) is 20.2 Å². The molecule has 2 unspecified atom stereocenters. The molecule has 7 nitrogen and oxygen atoms in total. The predicted molar refractivity (Wildman–Crippen MR) is 158 cm³/mol. The molecule has 2 N–H and O–H groups in total. The van der Waals surface area contributed by atoms with Crippen molar-refractivity contribution in [3.05, 3.63) is 81.6 Å². The van der Waals surface area contributed by atoms with E-state index in [2.05, 4.69) is 76.3 Å². The standard InChI is InChI=1S/C31H38BN5O2/c1-20-6-7-26(14-34-20)35-10-4-5-27(18-35)36(15-23-8-9-33-21(2)11-23)16-24-17-37-22(3)19-39-29-13-25(32)12-28(30(29)37)31(24)38/h6-9,11-13,17,21-22,27,33-34H,4-5,10,14-16,18-19H2,1-3H3/t21?,22?,27-/m0/s1. The first-order chi connectivity index (χ1) is 18.9. The van der Waals surface area contributed by atoms with Gasteiger partial charge in [-0.1, -0.05) is 17.6 Å². The normalized spacial score (nSPS) is 24.5. The number of dihydropyridines is 2. The Bertz CT molecular complexity index is 1460. The van der Waals surface area contributed by atoms with Crippen molar-refractivity contribution in [1.29, 1.82) is 0 Å². The van der Waals surface area contributed by atoms with Gasteiger partial charge in [-0.05, 0) is 69.7 Å². The van der Waals surface area contributed by atoms with Gasteiger partial charge in [-0.25, -0.2) is 0 Å². The number of hydrogen-bond acceptors (Lipinski definition) is 6. The molecule has 1 aromatic carbocycles. The summed E-state index contributed by atoms with van der Waals surface area (Å²) in [6.45, 7) is 11.3. The molecule has 0 spiro atoms. The van der Waals surface area contributed by atoms with E-state index < -0.39 is 0 Å². The van der Waals surface area contributed by atoms with Gasteiger partial charge in [-0.2, -0.15) is 0 Å². The lowest BCUT2D eigenvalue weighted by molar-refractivity contribution is 0.116. The molecule has 4 aliphatic heterocycles. The zero-order valence-corrected chi connectivity index (χ0v) is 23.2. The van der Waals surface area contributed by atoms with Crippen molar-refractivity contribution in [3.63, 3.8) is 0 Å². The van der Waals surface area contributed by atoms with Crippen LogP contribution < -0.4 is 26.3 Å². The average Bonchev–Trinajstić information content (AvgIpc) is 2.93. The van der Waals surface area contributed by atoms with Crippen LogP contribution in [0.5, 0.6) is 5.75 Å². The average molecular weight is 523 g/mol. The van der Waals surface area contributed by atoms with Crippen LogP contribution in [0.4, 0.5) is 0 Å². The number of likely N-dealkylation sites (tertiary alicyclic amines) is 1. The molecule has 1 fully saturated rings. The molecule has 2 radical (unpaired) electrons. The third-order valence-corrected chi connectivity index (χ3v) is 8.41. The van der Waals surface area contributed by atoms with Crippen LogP contribution in [0.25, 0.3) is 10.9 Å². The molecule has 202 valence electrons.